The molecule has 4 rings (SSSR count). The van der Waals surface area contributed by atoms with Crippen LogP contribution in [0, 0.1) is 0 Å². The molecule has 0 radical (unpaired) electrons. The van der Waals surface area contributed by atoms with Crippen molar-refractivity contribution in [1.82, 2.24) is 9.97 Å². The summed E-state index contributed by atoms with van der Waals surface area (Å²) < 4.78 is 0. The van der Waals surface area contributed by atoms with Gasteiger partial charge in [0.2, 0.25) is 0 Å². The Bertz CT molecular complexity index is 1140. The van der Waals surface area contributed by atoms with Crippen molar-refractivity contribution in [2.75, 3.05) is 5.32 Å². The standard InChI is InChI=1S/C28H33N3Si2/c1-32(2,3)25-17-21(27-11-7-9-13-29-27)15-23(19-25)31-24-16-22(28-12-8-10-14-30-28)18-26(20-24)33(4,5)6/h7-20,31H,1-6H3. The van der Waals surface area contributed by atoms with Crippen molar-refractivity contribution in [3.05, 3.63) is 85.2 Å². The quantitative estimate of drug-likeness (QED) is 0.323. The van der Waals surface area contributed by atoms with Crippen LogP contribution in [-0.2, 0) is 0 Å². The third kappa shape index (κ3) is 5.67. The van der Waals surface area contributed by atoms with E-state index in [-0.39, 0.29) is 0 Å². The van der Waals surface area contributed by atoms with Crippen LogP contribution in [0.15, 0.2) is 85.2 Å². The van der Waals surface area contributed by atoms with Crippen molar-refractivity contribution in [2.24, 2.45) is 0 Å². The summed E-state index contributed by atoms with van der Waals surface area (Å²) in [6.07, 6.45) is 3.72. The van der Waals surface area contributed by atoms with Crippen molar-refractivity contribution < 1.29 is 0 Å². The topological polar surface area (TPSA) is 37.8 Å². The molecule has 33 heavy (non-hydrogen) atoms. The summed E-state index contributed by atoms with van der Waals surface area (Å²) in [6, 6.07) is 25.9. The number of pyridine rings is 2. The highest BCUT2D eigenvalue weighted by atomic mass is 28.3. The highest BCUT2D eigenvalue weighted by molar-refractivity contribution is 6.89. The minimum absolute atomic E-state index is 1.01. The van der Waals surface area contributed by atoms with Crippen LogP contribution >= 0.6 is 0 Å². The highest BCUT2D eigenvalue weighted by Crippen LogP contribution is 2.27. The largest absolute Gasteiger partial charge is 0.355 e. The van der Waals surface area contributed by atoms with Gasteiger partial charge in [-0.2, -0.15) is 0 Å². The summed E-state index contributed by atoms with van der Waals surface area (Å²) in [6.45, 7) is 14.3. The Hall–Kier alpha value is -3.03. The Morgan fingerprint density at radius 3 is 1.30 bits per heavy atom. The monoisotopic (exact) mass is 467 g/mol. The van der Waals surface area contributed by atoms with E-state index in [0.717, 1.165) is 33.9 Å². The van der Waals surface area contributed by atoms with Gasteiger partial charge in [-0.3, -0.25) is 9.97 Å². The molecule has 1 N–H and O–H groups in total. The molecule has 0 aliphatic carbocycles. The van der Waals surface area contributed by atoms with Gasteiger partial charge in [0.15, 0.2) is 0 Å². The maximum atomic E-state index is 4.61. The number of nitrogens with one attached hydrogen (secondary N) is 1. The number of nitrogens with zero attached hydrogens (tertiary/aromatic N) is 2. The second-order valence-corrected chi connectivity index (χ2v) is 20.8. The van der Waals surface area contributed by atoms with E-state index in [1.807, 2.05) is 36.7 Å². The van der Waals surface area contributed by atoms with Crippen molar-refractivity contribution >= 4 is 37.9 Å². The van der Waals surface area contributed by atoms with Crippen molar-refractivity contribution in [2.45, 2.75) is 39.3 Å². The molecule has 0 atom stereocenters. The lowest BCUT2D eigenvalue weighted by Gasteiger charge is -2.22. The lowest BCUT2D eigenvalue weighted by molar-refractivity contribution is 1.32. The Balaban J connectivity index is 1.81. The second kappa shape index (κ2) is 9.08. The van der Waals surface area contributed by atoms with Gasteiger partial charge < -0.3 is 5.32 Å². The smallest absolute Gasteiger partial charge is 0.0777 e. The molecule has 5 heteroatoms. The minimum Gasteiger partial charge on any atom is -0.355 e. The van der Waals surface area contributed by atoms with Gasteiger partial charge in [0.25, 0.3) is 0 Å². The molecule has 168 valence electrons. The number of anilines is 2. The molecule has 0 spiro atoms. The van der Waals surface area contributed by atoms with Crippen molar-refractivity contribution in [3.8, 4) is 22.5 Å². The predicted molar refractivity (Wildman–Crippen MR) is 149 cm³/mol. The van der Waals surface area contributed by atoms with E-state index in [2.05, 4.69) is 103 Å². The van der Waals surface area contributed by atoms with Crippen LogP contribution in [-0.4, -0.2) is 26.1 Å². The zero-order chi connectivity index (χ0) is 23.6. The third-order valence-corrected chi connectivity index (χ3v) is 9.85. The van der Waals surface area contributed by atoms with Gasteiger partial charge in [-0.05, 0) is 48.5 Å². The first-order chi connectivity index (χ1) is 15.6. The highest BCUT2D eigenvalue weighted by Gasteiger charge is 2.20. The van der Waals surface area contributed by atoms with Crippen LogP contribution in [0.2, 0.25) is 39.3 Å². The molecule has 3 nitrogen and oxygen atoms in total. The maximum absolute atomic E-state index is 4.61. The van der Waals surface area contributed by atoms with E-state index < -0.39 is 16.1 Å². The van der Waals surface area contributed by atoms with Crippen LogP contribution in [0.25, 0.3) is 22.5 Å². The lowest BCUT2D eigenvalue weighted by atomic mass is 10.1. The zero-order valence-electron chi connectivity index (χ0n) is 20.5. The molecule has 0 aliphatic heterocycles. The average Bonchev–Trinajstić information content (AvgIpc) is 2.79. The summed E-state index contributed by atoms with van der Waals surface area (Å²) in [7, 11) is -3.04. The Kier molecular flexibility index (Phi) is 6.37. The first-order valence-electron chi connectivity index (χ1n) is 11.5. The van der Waals surface area contributed by atoms with Crippen molar-refractivity contribution in [3.63, 3.8) is 0 Å². The molecule has 0 unspecified atom stereocenters. The fourth-order valence-electron chi connectivity index (χ4n) is 3.80. The van der Waals surface area contributed by atoms with Crippen LogP contribution in [0.1, 0.15) is 0 Å². The van der Waals surface area contributed by atoms with Gasteiger partial charge >= 0.3 is 0 Å². The molecule has 0 saturated carbocycles. The van der Waals surface area contributed by atoms with Gasteiger partial charge in [0.05, 0.1) is 27.5 Å². The van der Waals surface area contributed by atoms with E-state index in [4.69, 9.17) is 0 Å². The van der Waals surface area contributed by atoms with Gasteiger partial charge in [-0.25, -0.2) is 0 Å². The molecular weight excluding hydrogens is 435 g/mol. The summed E-state index contributed by atoms with van der Waals surface area (Å²) in [4.78, 5) is 9.21. The maximum Gasteiger partial charge on any atom is 0.0777 e. The molecule has 2 aromatic carbocycles. The molecule has 2 aromatic heterocycles. The number of aromatic nitrogens is 2. The van der Waals surface area contributed by atoms with Gasteiger partial charge in [-0.1, -0.05) is 73.9 Å². The van der Waals surface area contributed by atoms with Crippen LogP contribution in [0.4, 0.5) is 11.4 Å². The number of hydrogen-bond donors (Lipinski definition) is 1. The van der Waals surface area contributed by atoms with Crippen LogP contribution in [0.5, 0.6) is 0 Å². The second-order valence-electron chi connectivity index (χ2n) is 10.7. The summed E-state index contributed by atoms with van der Waals surface area (Å²) in [5, 5.41) is 6.57. The molecule has 0 saturated heterocycles. The molecule has 0 bridgehead atoms. The van der Waals surface area contributed by atoms with E-state index in [0.29, 0.717) is 0 Å². The number of rotatable bonds is 6. The van der Waals surface area contributed by atoms with Crippen LogP contribution in [0.3, 0.4) is 0 Å². The van der Waals surface area contributed by atoms with Gasteiger partial charge in [0.1, 0.15) is 0 Å². The number of hydrogen-bond acceptors (Lipinski definition) is 3. The SMILES string of the molecule is C[Si](C)(C)c1cc(Nc2cc(-c3ccccn3)cc([Si](C)(C)C)c2)cc(-c2ccccn2)c1. The molecule has 2 heterocycles. The lowest BCUT2D eigenvalue weighted by Crippen LogP contribution is -2.38. The molecule has 0 fully saturated rings. The fourth-order valence-corrected chi connectivity index (χ4v) is 6.15. The fraction of sp³-hybridized carbons (Fsp3) is 0.214. The normalized spacial score (nSPS) is 11.9. The average molecular weight is 468 g/mol. The van der Waals surface area contributed by atoms with Crippen molar-refractivity contribution in [1.29, 1.82) is 0 Å². The Morgan fingerprint density at radius 1 is 0.545 bits per heavy atom. The number of benzene rings is 2. The predicted octanol–water partition coefficient (Wildman–Crippen LogP) is 6.64. The van der Waals surface area contributed by atoms with E-state index in [9.17, 15) is 0 Å². The molecule has 4 aromatic rings. The van der Waals surface area contributed by atoms with E-state index in [1.54, 1.807) is 0 Å². The molecule has 0 aliphatic rings. The Morgan fingerprint density at radius 2 is 0.970 bits per heavy atom. The van der Waals surface area contributed by atoms with E-state index in [1.165, 1.54) is 10.4 Å². The van der Waals surface area contributed by atoms with Crippen LogP contribution < -0.4 is 15.7 Å². The third-order valence-electron chi connectivity index (χ3n) is 5.81. The summed E-state index contributed by atoms with van der Waals surface area (Å²) in [5.41, 5.74) is 6.54. The minimum atomic E-state index is -1.52. The van der Waals surface area contributed by atoms with Gasteiger partial charge in [0, 0.05) is 34.9 Å². The summed E-state index contributed by atoms with van der Waals surface area (Å²) >= 11 is 0. The molecule has 0 amide bonds. The first-order valence-corrected chi connectivity index (χ1v) is 18.5. The zero-order valence-corrected chi connectivity index (χ0v) is 22.5. The molecular formula is C28H33N3Si2. The first kappa shape index (κ1) is 23.1. The van der Waals surface area contributed by atoms with Gasteiger partial charge in [-0.15, -0.1) is 0 Å². The van der Waals surface area contributed by atoms with E-state index >= 15 is 0 Å². The summed E-state index contributed by atoms with van der Waals surface area (Å²) in [5.74, 6) is 0. The Labute approximate surface area is 200 Å².